The van der Waals surface area contributed by atoms with E-state index in [2.05, 4.69) is 11.6 Å². The van der Waals surface area contributed by atoms with E-state index in [4.69, 9.17) is 19.5 Å². The Balaban J connectivity index is 2.34. The molecule has 0 saturated heterocycles. The molecule has 33 heavy (non-hydrogen) atoms. The summed E-state index contributed by atoms with van der Waals surface area (Å²) in [5.41, 5.74) is 8.90. The smallest absolute Gasteiger partial charge is 0.361 e. The summed E-state index contributed by atoms with van der Waals surface area (Å²) in [6.45, 7) is 13.2. The van der Waals surface area contributed by atoms with Crippen LogP contribution in [0.5, 0.6) is 5.75 Å². The normalized spacial score (nSPS) is 13.6. The van der Waals surface area contributed by atoms with E-state index in [1.54, 1.807) is 71.1 Å². The molecule has 0 radical (unpaired) electrons. The summed E-state index contributed by atoms with van der Waals surface area (Å²) in [7, 11) is -3.36. The van der Waals surface area contributed by atoms with Gasteiger partial charge in [0.25, 0.3) is 0 Å². The van der Waals surface area contributed by atoms with Crippen molar-refractivity contribution in [1.82, 2.24) is 4.98 Å². The molecule has 0 saturated carbocycles. The predicted octanol–water partition coefficient (Wildman–Crippen LogP) is 6.37. The number of hydrogen-bond donors (Lipinski definition) is 1. The second-order valence-electron chi connectivity index (χ2n) is 7.30. The van der Waals surface area contributed by atoms with E-state index < -0.39 is 13.7 Å². The molecule has 1 atom stereocenters. The van der Waals surface area contributed by atoms with Gasteiger partial charge in [0.05, 0.1) is 18.5 Å². The third-order valence-electron chi connectivity index (χ3n) is 4.80. The lowest BCUT2D eigenvalue weighted by atomic mass is 10.0. The van der Waals surface area contributed by atoms with Gasteiger partial charge >= 0.3 is 7.60 Å². The Bertz CT molecular complexity index is 1070. The van der Waals surface area contributed by atoms with E-state index in [1.165, 1.54) is 12.2 Å². The molecule has 178 valence electrons. The number of nitrogens with zero attached hydrogens (tertiary/aromatic N) is 1. The maximum Gasteiger partial charge on any atom is 0.361 e. The van der Waals surface area contributed by atoms with E-state index in [-0.39, 0.29) is 24.9 Å². The third kappa shape index (κ3) is 6.87. The first kappa shape index (κ1) is 26.5. The van der Waals surface area contributed by atoms with E-state index in [9.17, 15) is 8.96 Å². The Morgan fingerprint density at radius 3 is 2.33 bits per heavy atom. The molecule has 1 unspecified atom stereocenters. The average molecular weight is 475 g/mol. The van der Waals surface area contributed by atoms with E-state index in [1.807, 2.05) is 0 Å². The van der Waals surface area contributed by atoms with Gasteiger partial charge in [-0.1, -0.05) is 30.4 Å². The number of rotatable bonds is 11. The van der Waals surface area contributed by atoms with Crippen LogP contribution in [-0.2, 0) is 13.6 Å². The van der Waals surface area contributed by atoms with Crippen molar-refractivity contribution < 1.29 is 22.7 Å². The van der Waals surface area contributed by atoms with E-state index in [0.29, 0.717) is 22.2 Å². The molecule has 2 rings (SSSR count). The van der Waals surface area contributed by atoms with Gasteiger partial charge in [-0.25, -0.2) is 9.37 Å². The van der Waals surface area contributed by atoms with Crippen LogP contribution in [0, 0.1) is 0 Å². The van der Waals surface area contributed by atoms with Crippen molar-refractivity contribution in [2.24, 2.45) is 0 Å². The summed E-state index contributed by atoms with van der Waals surface area (Å²) >= 11 is 0. The van der Waals surface area contributed by atoms with Crippen LogP contribution in [0.4, 0.5) is 10.2 Å². The molecule has 0 aliphatic rings. The molecular weight excluding hydrogens is 442 g/mol. The summed E-state index contributed by atoms with van der Waals surface area (Å²) < 4.78 is 43.6. The second kappa shape index (κ2) is 11.9. The van der Waals surface area contributed by atoms with Crippen LogP contribution >= 0.6 is 7.60 Å². The Labute approximate surface area is 195 Å². The van der Waals surface area contributed by atoms with Crippen LogP contribution < -0.4 is 15.8 Å². The highest BCUT2D eigenvalue weighted by molar-refractivity contribution is 7.62. The monoisotopic (exact) mass is 474 g/mol. The molecule has 1 aromatic carbocycles. The van der Waals surface area contributed by atoms with Gasteiger partial charge in [0, 0.05) is 11.8 Å². The predicted molar refractivity (Wildman–Crippen MR) is 132 cm³/mol. The molecule has 0 aliphatic heterocycles. The number of benzene rings is 1. The van der Waals surface area contributed by atoms with Gasteiger partial charge in [-0.15, -0.1) is 0 Å². The van der Waals surface area contributed by atoms with E-state index >= 15 is 0 Å². The highest BCUT2D eigenvalue weighted by Gasteiger charge is 2.26. The molecule has 0 aliphatic carbocycles. The molecule has 2 aromatic rings. The summed E-state index contributed by atoms with van der Waals surface area (Å²) in [4.78, 5) is 4.24. The molecule has 1 aromatic heterocycles. The molecule has 0 fully saturated rings. The molecular formula is C25H32FN2O4P. The largest absolute Gasteiger partial charge is 0.482 e. The summed E-state index contributed by atoms with van der Waals surface area (Å²) in [5, 5.41) is 0.477. The van der Waals surface area contributed by atoms with Crippen LogP contribution in [0.25, 0.3) is 11.1 Å². The first-order chi connectivity index (χ1) is 15.6. The van der Waals surface area contributed by atoms with Crippen molar-refractivity contribution in [2.45, 2.75) is 40.7 Å². The van der Waals surface area contributed by atoms with Gasteiger partial charge in [-0.3, -0.25) is 4.57 Å². The quantitative estimate of drug-likeness (QED) is 0.301. The molecule has 1 heterocycles. The van der Waals surface area contributed by atoms with Crippen molar-refractivity contribution >= 4 is 18.7 Å². The SMILES string of the molecule is C=C(C)/C(=C\C(F)=C/C)C(C)Oc1cc(-c2ccc(P(=O)(OCC)OCC)cc2)cnc1N. The maximum absolute atomic E-state index is 13.8. The van der Waals surface area contributed by atoms with Gasteiger partial charge in [-0.05, 0) is 70.0 Å². The highest BCUT2D eigenvalue weighted by atomic mass is 31.2. The summed E-state index contributed by atoms with van der Waals surface area (Å²) in [6, 6.07) is 8.80. The molecule has 8 heteroatoms. The fourth-order valence-corrected chi connectivity index (χ4v) is 4.71. The number of pyridine rings is 1. The minimum absolute atomic E-state index is 0.215. The zero-order valence-corrected chi connectivity index (χ0v) is 20.7. The minimum Gasteiger partial charge on any atom is -0.482 e. The van der Waals surface area contributed by atoms with Gasteiger partial charge in [0.15, 0.2) is 11.6 Å². The van der Waals surface area contributed by atoms with Crippen molar-refractivity contribution in [3.8, 4) is 16.9 Å². The van der Waals surface area contributed by atoms with Crippen LogP contribution in [-0.4, -0.2) is 24.3 Å². The lowest BCUT2D eigenvalue weighted by Crippen LogP contribution is -2.17. The average Bonchev–Trinajstić information content (AvgIpc) is 2.78. The first-order valence-corrected chi connectivity index (χ1v) is 12.3. The van der Waals surface area contributed by atoms with Crippen LogP contribution in [0.1, 0.15) is 34.6 Å². The van der Waals surface area contributed by atoms with E-state index in [0.717, 1.165) is 11.1 Å². The molecule has 0 bridgehead atoms. The second-order valence-corrected chi connectivity index (χ2v) is 9.33. The standard InChI is InChI=1S/C25H32FN2O4P/c1-7-21(26)15-23(17(4)5)18(6)32-24-14-20(16-28-25(24)27)19-10-12-22(13-11-19)33(29,30-8-2)31-9-3/h7,10-16,18H,4,8-9H2,1-3,5-6H3,(H2,27,28)/b21-7+,23-15+. The number of nitrogens with two attached hydrogens (primary N) is 1. The molecule has 0 spiro atoms. The summed E-state index contributed by atoms with van der Waals surface area (Å²) in [6.07, 6.45) is 3.89. The number of anilines is 1. The van der Waals surface area contributed by atoms with Crippen molar-refractivity contribution in [3.05, 3.63) is 72.2 Å². The molecule has 2 N–H and O–H groups in total. The van der Waals surface area contributed by atoms with Crippen LogP contribution in [0.2, 0.25) is 0 Å². The number of allylic oxidation sites excluding steroid dienone is 3. The van der Waals surface area contributed by atoms with Crippen molar-refractivity contribution in [1.29, 1.82) is 0 Å². The van der Waals surface area contributed by atoms with Crippen LogP contribution in [0.3, 0.4) is 0 Å². The highest BCUT2D eigenvalue weighted by Crippen LogP contribution is 2.47. The first-order valence-electron chi connectivity index (χ1n) is 10.8. The van der Waals surface area contributed by atoms with Gasteiger partial charge in [-0.2, -0.15) is 0 Å². The topological polar surface area (TPSA) is 83.7 Å². The number of aromatic nitrogens is 1. The third-order valence-corrected chi connectivity index (χ3v) is 6.93. The minimum atomic E-state index is -3.36. The fourth-order valence-electron chi connectivity index (χ4n) is 3.14. The zero-order chi connectivity index (χ0) is 24.6. The Hall–Kier alpha value is -2.73. The number of halogens is 1. The summed E-state index contributed by atoms with van der Waals surface area (Å²) in [5.74, 6) is 0.207. The fraction of sp³-hybridized carbons (Fsp3) is 0.320. The Kier molecular flexibility index (Phi) is 9.59. The molecule has 6 nitrogen and oxygen atoms in total. The van der Waals surface area contributed by atoms with Gasteiger partial charge in [0.2, 0.25) is 0 Å². The maximum atomic E-state index is 13.8. The number of ether oxygens (including phenoxy) is 1. The zero-order valence-electron chi connectivity index (χ0n) is 19.8. The lowest BCUT2D eigenvalue weighted by Gasteiger charge is -2.20. The Morgan fingerprint density at radius 2 is 1.82 bits per heavy atom. The van der Waals surface area contributed by atoms with Crippen LogP contribution in [0.15, 0.2) is 72.2 Å². The Morgan fingerprint density at radius 1 is 1.21 bits per heavy atom. The van der Waals surface area contributed by atoms with Crippen molar-refractivity contribution in [3.63, 3.8) is 0 Å². The number of hydrogen-bond acceptors (Lipinski definition) is 6. The lowest BCUT2D eigenvalue weighted by molar-refractivity contribution is 0.230. The van der Waals surface area contributed by atoms with Gasteiger partial charge < -0.3 is 19.5 Å². The number of nitrogen functional groups attached to an aromatic ring is 1. The van der Waals surface area contributed by atoms with Gasteiger partial charge in [0.1, 0.15) is 11.9 Å². The van der Waals surface area contributed by atoms with Crippen molar-refractivity contribution in [2.75, 3.05) is 18.9 Å². The molecule has 0 amide bonds.